The number of rotatable bonds is 5. The van der Waals surface area contributed by atoms with E-state index in [4.69, 9.17) is 9.47 Å². The molecule has 1 heterocycles. The summed E-state index contributed by atoms with van der Waals surface area (Å²) in [6.45, 7) is -0.150. The van der Waals surface area contributed by atoms with Gasteiger partial charge in [0.05, 0.1) is 31.4 Å². The molecule has 0 bridgehead atoms. The standard InChI is InChI=1S/C18H16BrN3O4/c1-25-15-6-4-12(8-16(15)26-2)21-17(23)9-22-10-20-14-5-3-11(19)7-13(14)18(22)24/h3-8,10H,9H2,1-2H3,(H,21,23). The number of nitrogens with one attached hydrogen (secondary N) is 1. The van der Waals surface area contributed by atoms with Crippen LogP contribution in [-0.4, -0.2) is 29.7 Å². The first-order valence-corrected chi connectivity index (χ1v) is 8.47. The predicted molar refractivity (Wildman–Crippen MR) is 102 cm³/mol. The molecule has 0 spiro atoms. The maximum atomic E-state index is 12.5. The Hall–Kier alpha value is -2.87. The second-order valence-electron chi connectivity index (χ2n) is 5.46. The number of halogens is 1. The van der Waals surface area contributed by atoms with Crippen LogP contribution >= 0.6 is 15.9 Å². The highest BCUT2D eigenvalue weighted by atomic mass is 79.9. The van der Waals surface area contributed by atoms with E-state index in [1.54, 1.807) is 30.3 Å². The van der Waals surface area contributed by atoms with Gasteiger partial charge in [-0.1, -0.05) is 15.9 Å². The van der Waals surface area contributed by atoms with Gasteiger partial charge in [0, 0.05) is 16.2 Å². The third kappa shape index (κ3) is 3.70. The molecule has 3 rings (SSSR count). The van der Waals surface area contributed by atoms with Gasteiger partial charge in [-0.2, -0.15) is 0 Å². The number of anilines is 1. The van der Waals surface area contributed by atoms with E-state index in [1.807, 2.05) is 6.07 Å². The number of carbonyl (C=O) groups excluding carboxylic acids is 1. The zero-order valence-electron chi connectivity index (χ0n) is 14.2. The number of amides is 1. The SMILES string of the molecule is COc1ccc(NC(=O)Cn2cnc3ccc(Br)cc3c2=O)cc1OC. The molecular weight excluding hydrogens is 402 g/mol. The first-order chi connectivity index (χ1) is 12.5. The summed E-state index contributed by atoms with van der Waals surface area (Å²) in [7, 11) is 3.05. The van der Waals surface area contributed by atoms with Crippen molar-refractivity contribution in [2.45, 2.75) is 6.54 Å². The van der Waals surface area contributed by atoms with E-state index >= 15 is 0 Å². The van der Waals surface area contributed by atoms with E-state index in [1.165, 1.54) is 25.1 Å². The second-order valence-corrected chi connectivity index (χ2v) is 6.37. The van der Waals surface area contributed by atoms with Crippen LogP contribution in [0.5, 0.6) is 11.5 Å². The molecule has 0 aliphatic carbocycles. The third-order valence-corrected chi connectivity index (χ3v) is 4.26. The Bertz CT molecular complexity index is 1030. The fraction of sp³-hybridized carbons (Fsp3) is 0.167. The van der Waals surface area contributed by atoms with Gasteiger partial charge in [0.1, 0.15) is 6.54 Å². The molecule has 26 heavy (non-hydrogen) atoms. The van der Waals surface area contributed by atoms with Crippen LogP contribution in [0.3, 0.4) is 0 Å². The summed E-state index contributed by atoms with van der Waals surface area (Å²) >= 11 is 3.33. The van der Waals surface area contributed by atoms with E-state index in [0.717, 1.165) is 4.47 Å². The van der Waals surface area contributed by atoms with Crippen molar-refractivity contribution in [1.29, 1.82) is 0 Å². The van der Waals surface area contributed by atoms with Crippen molar-refractivity contribution in [2.75, 3.05) is 19.5 Å². The predicted octanol–water partition coefficient (Wildman–Crippen LogP) is 2.81. The molecule has 1 N–H and O–H groups in total. The van der Waals surface area contributed by atoms with E-state index < -0.39 is 0 Å². The highest BCUT2D eigenvalue weighted by molar-refractivity contribution is 9.10. The second kappa shape index (κ2) is 7.57. The van der Waals surface area contributed by atoms with Gasteiger partial charge in [-0.25, -0.2) is 4.98 Å². The minimum absolute atomic E-state index is 0.150. The normalized spacial score (nSPS) is 10.6. The first kappa shape index (κ1) is 17.9. The van der Waals surface area contributed by atoms with Crippen molar-refractivity contribution in [3.63, 3.8) is 0 Å². The minimum atomic E-state index is -0.351. The number of hydrogen-bond donors (Lipinski definition) is 1. The largest absolute Gasteiger partial charge is 0.493 e. The maximum Gasteiger partial charge on any atom is 0.261 e. The van der Waals surface area contributed by atoms with Gasteiger partial charge >= 0.3 is 0 Å². The smallest absolute Gasteiger partial charge is 0.261 e. The molecule has 1 aromatic heterocycles. The summed E-state index contributed by atoms with van der Waals surface area (Å²) in [5, 5.41) is 3.18. The summed E-state index contributed by atoms with van der Waals surface area (Å²) in [6.07, 6.45) is 1.37. The Morgan fingerprint density at radius 1 is 1.15 bits per heavy atom. The summed E-state index contributed by atoms with van der Waals surface area (Å²) in [4.78, 5) is 29.1. The number of aromatic nitrogens is 2. The zero-order chi connectivity index (χ0) is 18.7. The van der Waals surface area contributed by atoms with Crippen molar-refractivity contribution in [3.05, 3.63) is 57.6 Å². The van der Waals surface area contributed by atoms with Gasteiger partial charge in [0.25, 0.3) is 5.56 Å². The lowest BCUT2D eigenvalue weighted by molar-refractivity contribution is -0.116. The highest BCUT2D eigenvalue weighted by Crippen LogP contribution is 2.29. The van der Waals surface area contributed by atoms with Crippen LogP contribution in [0.15, 0.2) is 52.0 Å². The van der Waals surface area contributed by atoms with Crippen molar-refractivity contribution in [1.82, 2.24) is 9.55 Å². The molecule has 2 aromatic carbocycles. The van der Waals surface area contributed by atoms with Crippen LogP contribution in [0.25, 0.3) is 10.9 Å². The van der Waals surface area contributed by atoms with Crippen molar-refractivity contribution in [2.24, 2.45) is 0 Å². The summed E-state index contributed by atoms with van der Waals surface area (Å²) < 4.78 is 12.4. The summed E-state index contributed by atoms with van der Waals surface area (Å²) in [5.41, 5.74) is 0.839. The van der Waals surface area contributed by atoms with E-state index in [-0.39, 0.29) is 18.0 Å². The van der Waals surface area contributed by atoms with Crippen molar-refractivity contribution in [3.8, 4) is 11.5 Å². The quantitative estimate of drug-likeness (QED) is 0.689. The summed E-state index contributed by atoms with van der Waals surface area (Å²) in [6, 6.07) is 10.3. The Kier molecular flexibility index (Phi) is 5.22. The number of carbonyl (C=O) groups is 1. The molecular formula is C18H16BrN3O4. The number of hydrogen-bond acceptors (Lipinski definition) is 5. The van der Waals surface area contributed by atoms with Gasteiger partial charge in [0.15, 0.2) is 11.5 Å². The van der Waals surface area contributed by atoms with Crippen LogP contribution in [0.2, 0.25) is 0 Å². The Morgan fingerprint density at radius 2 is 1.92 bits per heavy atom. The average Bonchev–Trinajstić information content (AvgIpc) is 2.64. The monoisotopic (exact) mass is 417 g/mol. The minimum Gasteiger partial charge on any atom is -0.493 e. The zero-order valence-corrected chi connectivity index (χ0v) is 15.7. The van der Waals surface area contributed by atoms with Gasteiger partial charge in [-0.05, 0) is 30.3 Å². The molecule has 0 radical (unpaired) electrons. The van der Waals surface area contributed by atoms with Crippen molar-refractivity contribution < 1.29 is 14.3 Å². The highest BCUT2D eigenvalue weighted by Gasteiger charge is 2.11. The van der Waals surface area contributed by atoms with Crippen LogP contribution in [0, 0.1) is 0 Å². The molecule has 0 unspecified atom stereocenters. The number of benzene rings is 2. The Labute approximate surface area is 157 Å². The van der Waals surface area contributed by atoms with E-state index in [9.17, 15) is 9.59 Å². The van der Waals surface area contributed by atoms with Crippen LogP contribution < -0.4 is 20.3 Å². The summed E-state index contributed by atoms with van der Waals surface area (Å²) in [5.74, 6) is 0.709. The van der Waals surface area contributed by atoms with Gasteiger partial charge in [-0.15, -0.1) is 0 Å². The molecule has 0 saturated carbocycles. The fourth-order valence-corrected chi connectivity index (χ4v) is 2.87. The topological polar surface area (TPSA) is 82.5 Å². The molecule has 0 saturated heterocycles. The fourth-order valence-electron chi connectivity index (χ4n) is 2.51. The molecule has 0 aliphatic rings. The van der Waals surface area contributed by atoms with Gasteiger partial charge in [-0.3, -0.25) is 14.2 Å². The first-order valence-electron chi connectivity index (χ1n) is 7.68. The molecule has 3 aromatic rings. The number of fused-ring (bicyclic) bond motifs is 1. The molecule has 0 atom stereocenters. The van der Waals surface area contributed by atoms with Gasteiger partial charge < -0.3 is 14.8 Å². The lowest BCUT2D eigenvalue weighted by Crippen LogP contribution is -2.27. The Balaban J connectivity index is 1.81. The number of methoxy groups -OCH3 is 2. The van der Waals surface area contributed by atoms with Crippen LogP contribution in [0.1, 0.15) is 0 Å². The lowest BCUT2D eigenvalue weighted by Gasteiger charge is -2.11. The molecule has 1 amide bonds. The molecule has 8 heteroatoms. The molecule has 7 nitrogen and oxygen atoms in total. The molecule has 0 fully saturated rings. The lowest BCUT2D eigenvalue weighted by atomic mass is 10.2. The molecule has 0 aliphatic heterocycles. The number of nitrogens with zero attached hydrogens (tertiary/aromatic N) is 2. The van der Waals surface area contributed by atoms with E-state index in [0.29, 0.717) is 28.1 Å². The maximum absolute atomic E-state index is 12.5. The average molecular weight is 418 g/mol. The third-order valence-electron chi connectivity index (χ3n) is 3.77. The van der Waals surface area contributed by atoms with Crippen LogP contribution in [-0.2, 0) is 11.3 Å². The van der Waals surface area contributed by atoms with Crippen LogP contribution in [0.4, 0.5) is 5.69 Å². The van der Waals surface area contributed by atoms with Gasteiger partial charge in [0.2, 0.25) is 5.91 Å². The van der Waals surface area contributed by atoms with Crippen molar-refractivity contribution >= 4 is 38.4 Å². The molecule has 134 valence electrons. The number of ether oxygens (including phenoxy) is 2. The Morgan fingerprint density at radius 3 is 2.65 bits per heavy atom. The van der Waals surface area contributed by atoms with E-state index in [2.05, 4.69) is 26.2 Å².